The average molecular weight is 518 g/mol. The number of hydrogen-bond acceptors (Lipinski definition) is 7. The van der Waals surface area contributed by atoms with Gasteiger partial charge in [-0.2, -0.15) is 0 Å². The molecule has 0 bridgehead atoms. The number of alkyl halides is 3. The summed E-state index contributed by atoms with van der Waals surface area (Å²) in [6.45, 7) is 6.15. The number of halogens is 3. The van der Waals surface area contributed by atoms with Crippen LogP contribution in [0.1, 0.15) is 24.1 Å². The summed E-state index contributed by atoms with van der Waals surface area (Å²) in [6.07, 6.45) is -3.21. The number of carbonyl (C=O) groups is 1. The molecule has 1 fully saturated rings. The number of nitrogens with one attached hydrogen (secondary N) is 1. The molecule has 0 atom stereocenters. The number of benzene rings is 2. The van der Waals surface area contributed by atoms with Gasteiger partial charge in [0.1, 0.15) is 5.75 Å². The fraction of sp³-hybridized carbons (Fsp3) is 0.423. The normalized spacial score (nSPS) is 15.0. The van der Waals surface area contributed by atoms with Crippen LogP contribution < -0.4 is 15.0 Å². The number of fused-ring (bicyclic) bond motifs is 1. The highest BCUT2D eigenvalue weighted by Crippen LogP contribution is 2.25. The summed E-state index contributed by atoms with van der Waals surface area (Å²) < 4.78 is 40.7. The smallest absolute Gasteiger partial charge is 0.406 e. The third-order valence-corrected chi connectivity index (χ3v) is 6.24. The van der Waals surface area contributed by atoms with Crippen LogP contribution in [0.15, 0.2) is 42.5 Å². The van der Waals surface area contributed by atoms with Gasteiger partial charge in [0.25, 0.3) is 0 Å². The van der Waals surface area contributed by atoms with Crippen molar-refractivity contribution in [1.82, 2.24) is 14.9 Å². The second kappa shape index (κ2) is 11.7. The molecule has 2 N–H and O–H groups in total. The first-order valence-corrected chi connectivity index (χ1v) is 12.2. The Hall–Kier alpha value is -3.44. The molecule has 8 nitrogen and oxygen atoms in total. The van der Waals surface area contributed by atoms with Crippen molar-refractivity contribution in [2.75, 3.05) is 49.5 Å². The zero-order chi connectivity index (χ0) is 26.4. The number of aliphatic hydroxyl groups is 1. The van der Waals surface area contributed by atoms with Crippen LogP contribution in [0.4, 0.5) is 24.8 Å². The van der Waals surface area contributed by atoms with E-state index in [1.807, 2.05) is 19.1 Å². The van der Waals surface area contributed by atoms with E-state index in [2.05, 4.69) is 19.9 Å². The van der Waals surface area contributed by atoms with Crippen LogP contribution in [-0.4, -0.2) is 71.6 Å². The molecule has 2 aromatic carbocycles. The third-order valence-electron chi connectivity index (χ3n) is 6.24. The van der Waals surface area contributed by atoms with Crippen molar-refractivity contribution < 1.29 is 27.8 Å². The van der Waals surface area contributed by atoms with Crippen molar-refractivity contribution in [3.63, 3.8) is 0 Å². The summed E-state index contributed by atoms with van der Waals surface area (Å²) in [5.74, 6) is 0.179. The lowest BCUT2D eigenvalue weighted by Crippen LogP contribution is -2.33. The van der Waals surface area contributed by atoms with Gasteiger partial charge >= 0.3 is 6.36 Å². The number of anilines is 2. The molecule has 0 spiro atoms. The molecule has 1 aliphatic heterocycles. The molecule has 1 aliphatic rings. The van der Waals surface area contributed by atoms with Crippen LogP contribution in [0.25, 0.3) is 10.9 Å². The Labute approximate surface area is 213 Å². The van der Waals surface area contributed by atoms with E-state index in [1.54, 1.807) is 6.07 Å². The Bertz CT molecular complexity index is 1220. The number of rotatable bonds is 8. The SMILES string of the molecule is Cc1nc(N2CCCN(CCO)CC2)nc2ccc(NC(=O)CCc3ccc(OC(F)(F)F)cc3)cc12. The van der Waals surface area contributed by atoms with E-state index in [4.69, 9.17) is 9.97 Å². The van der Waals surface area contributed by atoms with E-state index in [0.717, 1.165) is 54.8 Å². The minimum atomic E-state index is -4.73. The molecule has 0 unspecified atom stereocenters. The van der Waals surface area contributed by atoms with Gasteiger partial charge in [-0.05, 0) is 62.2 Å². The van der Waals surface area contributed by atoms with Crippen LogP contribution in [0.3, 0.4) is 0 Å². The topological polar surface area (TPSA) is 90.8 Å². The van der Waals surface area contributed by atoms with Crippen molar-refractivity contribution in [2.24, 2.45) is 0 Å². The molecule has 0 radical (unpaired) electrons. The van der Waals surface area contributed by atoms with Gasteiger partial charge in [-0.1, -0.05) is 12.1 Å². The molecule has 4 rings (SSSR count). The summed E-state index contributed by atoms with van der Waals surface area (Å²) >= 11 is 0. The van der Waals surface area contributed by atoms with Gasteiger partial charge in [-0.3, -0.25) is 9.69 Å². The minimum absolute atomic E-state index is 0.151. The van der Waals surface area contributed by atoms with Crippen molar-refractivity contribution in [2.45, 2.75) is 32.5 Å². The first-order chi connectivity index (χ1) is 17.7. The number of hydrogen-bond donors (Lipinski definition) is 2. The van der Waals surface area contributed by atoms with Crippen LogP contribution in [0, 0.1) is 6.92 Å². The van der Waals surface area contributed by atoms with Gasteiger partial charge in [0, 0.05) is 43.7 Å². The molecule has 11 heteroatoms. The summed E-state index contributed by atoms with van der Waals surface area (Å²) in [6, 6.07) is 11.0. The van der Waals surface area contributed by atoms with Crippen LogP contribution in [0.5, 0.6) is 5.75 Å². The summed E-state index contributed by atoms with van der Waals surface area (Å²) in [4.78, 5) is 26.4. The first kappa shape index (κ1) is 26.6. The monoisotopic (exact) mass is 517 g/mol. The maximum Gasteiger partial charge on any atom is 0.573 e. The fourth-order valence-corrected chi connectivity index (χ4v) is 4.36. The molecule has 37 heavy (non-hydrogen) atoms. The number of carbonyl (C=O) groups excluding carboxylic acids is 1. The second-order valence-corrected chi connectivity index (χ2v) is 8.99. The quantitative estimate of drug-likeness (QED) is 0.468. The average Bonchev–Trinajstić information content (AvgIpc) is 3.09. The molecular weight excluding hydrogens is 487 g/mol. The van der Waals surface area contributed by atoms with Gasteiger partial charge in [-0.25, -0.2) is 9.97 Å². The molecule has 1 saturated heterocycles. The zero-order valence-electron chi connectivity index (χ0n) is 20.6. The van der Waals surface area contributed by atoms with Gasteiger partial charge < -0.3 is 20.1 Å². The van der Waals surface area contributed by atoms with Crippen molar-refractivity contribution >= 4 is 28.4 Å². The molecule has 0 aliphatic carbocycles. The fourth-order valence-electron chi connectivity index (χ4n) is 4.36. The number of β-amino-alcohol motifs (C(OH)–C–C–N with tert-alkyl or cyclic N) is 1. The summed E-state index contributed by atoms with van der Waals surface area (Å²) in [5, 5.41) is 12.9. The van der Waals surface area contributed by atoms with Gasteiger partial charge in [0.05, 0.1) is 17.8 Å². The highest BCUT2D eigenvalue weighted by molar-refractivity contribution is 5.94. The molecular formula is C26H30F3N5O3. The van der Waals surface area contributed by atoms with E-state index in [1.165, 1.54) is 24.3 Å². The van der Waals surface area contributed by atoms with E-state index in [0.29, 0.717) is 24.6 Å². The summed E-state index contributed by atoms with van der Waals surface area (Å²) in [7, 11) is 0. The third kappa shape index (κ3) is 7.53. The predicted molar refractivity (Wildman–Crippen MR) is 135 cm³/mol. The molecule has 3 aromatic rings. The van der Waals surface area contributed by atoms with Crippen LogP contribution in [0.2, 0.25) is 0 Å². The van der Waals surface area contributed by atoms with Crippen molar-refractivity contribution in [3.8, 4) is 5.75 Å². The Kier molecular flexibility index (Phi) is 8.45. The molecule has 1 amide bonds. The lowest BCUT2D eigenvalue weighted by atomic mass is 10.1. The number of aliphatic hydroxyl groups excluding tert-OH is 1. The zero-order valence-corrected chi connectivity index (χ0v) is 20.6. The lowest BCUT2D eigenvalue weighted by molar-refractivity contribution is -0.274. The second-order valence-electron chi connectivity index (χ2n) is 8.99. The highest BCUT2D eigenvalue weighted by Gasteiger charge is 2.31. The van der Waals surface area contributed by atoms with E-state index in [-0.39, 0.29) is 24.7 Å². The Morgan fingerprint density at radius 3 is 2.59 bits per heavy atom. The van der Waals surface area contributed by atoms with E-state index in [9.17, 15) is 23.1 Å². The van der Waals surface area contributed by atoms with Gasteiger partial charge in [0.15, 0.2) is 0 Å². The minimum Gasteiger partial charge on any atom is -0.406 e. The highest BCUT2D eigenvalue weighted by atomic mass is 19.4. The number of ether oxygens (including phenoxy) is 1. The predicted octanol–water partition coefficient (Wildman–Crippen LogP) is 3.91. The van der Waals surface area contributed by atoms with E-state index >= 15 is 0 Å². The standard InChI is InChI=1S/C26H30F3N5O3/c1-18-22-17-20(31-24(36)10-5-19-3-7-21(8-4-19)37-26(27,28)29)6-9-23(22)32-25(30-18)34-12-2-11-33(13-14-34)15-16-35/h3-4,6-9,17,35H,2,5,10-16H2,1H3,(H,31,36). The molecule has 198 valence electrons. The largest absolute Gasteiger partial charge is 0.573 e. The Morgan fingerprint density at radius 1 is 1.08 bits per heavy atom. The number of amides is 1. The number of aryl methyl sites for hydroxylation is 2. The van der Waals surface area contributed by atoms with Crippen molar-refractivity contribution in [3.05, 3.63) is 53.7 Å². The number of nitrogens with zero attached hydrogens (tertiary/aromatic N) is 4. The summed E-state index contributed by atoms with van der Waals surface area (Å²) in [5.41, 5.74) is 2.96. The van der Waals surface area contributed by atoms with Crippen molar-refractivity contribution in [1.29, 1.82) is 0 Å². The van der Waals surface area contributed by atoms with E-state index < -0.39 is 6.36 Å². The first-order valence-electron chi connectivity index (χ1n) is 12.2. The lowest BCUT2D eigenvalue weighted by Gasteiger charge is -2.22. The maximum atomic E-state index is 12.5. The number of aromatic nitrogens is 2. The van der Waals surface area contributed by atoms with Gasteiger partial charge in [-0.15, -0.1) is 13.2 Å². The van der Waals surface area contributed by atoms with Crippen LogP contribution in [-0.2, 0) is 11.2 Å². The molecule has 1 aromatic heterocycles. The molecule has 0 saturated carbocycles. The maximum absolute atomic E-state index is 12.5. The Balaban J connectivity index is 1.36. The molecule has 2 heterocycles. The van der Waals surface area contributed by atoms with Crippen LogP contribution >= 0.6 is 0 Å². The van der Waals surface area contributed by atoms with Gasteiger partial charge in [0.2, 0.25) is 11.9 Å². The Morgan fingerprint density at radius 2 is 1.86 bits per heavy atom.